The van der Waals surface area contributed by atoms with Crippen molar-refractivity contribution in [2.45, 2.75) is 47.5 Å². The molecule has 0 nitrogen and oxygen atoms in total. The third kappa shape index (κ3) is 1.87. The second-order valence-corrected chi connectivity index (χ2v) is 6.26. The van der Waals surface area contributed by atoms with E-state index in [2.05, 4.69) is 46.8 Å². The molecule has 16 heavy (non-hydrogen) atoms. The summed E-state index contributed by atoms with van der Waals surface area (Å²) in [6, 6.07) is 0. The first-order valence-electron chi connectivity index (χ1n) is 6.90. The molecule has 0 aromatic heterocycles. The largest absolute Gasteiger partial charge is 0.0699 e. The second kappa shape index (κ2) is 4.39. The summed E-state index contributed by atoms with van der Waals surface area (Å²) in [6.45, 7) is 11.9. The van der Waals surface area contributed by atoms with E-state index in [1.807, 2.05) is 0 Å². The summed E-state index contributed by atoms with van der Waals surface area (Å²) in [7, 11) is 0. The normalized spacial score (nSPS) is 39.1. The molecule has 0 spiro atoms. The van der Waals surface area contributed by atoms with Crippen LogP contribution in [-0.4, -0.2) is 0 Å². The average Bonchev–Trinajstić information content (AvgIpc) is 2.53. The SMILES string of the molecule is CC1=CC=C(C(C)C)C(C)C2C(C)CCC12. The van der Waals surface area contributed by atoms with Crippen LogP contribution in [0.25, 0.3) is 0 Å². The van der Waals surface area contributed by atoms with E-state index in [0.717, 1.165) is 23.7 Å². The van der Waals surface area contributed by atoms with Gasteiger partial charge in [-0.1, -0.05) is 51.0 Å². The summed E-state index contributed by atoms with van der Waals surface area (Å²) in [5.74, 6) is 4.13. The van der Waals surface area contributed by atoms with E-state index in [1.165, 1.54) is 12.8 Å². The van der Waals surface area contributed by atoms with Crippen molar-refractivity contribution in [3.63, 3.8) is 0 Å². The molecule has 4 atom stereocenters. The maximum Gasteiger partial charge on any atom is -0.0166 e. The Kier molecular flexibility index (Phi) is 3.28. The summed E-state index contributed by atoms with van der Waals surface area (Å²) >= 11 is 0. The molecule has 90 valence electrons. The highest BCUT2D eigenvalue weighted by molar-refractivity contribution is 5.27. The molecule has 0 amide bonds. The summed E-state index contributed by atoms with van der Waals surface area (Å²) in [6.07, 6.45) is 7.65. The van der Waals surface area contributed by atoms with Crippen LogP contribution in [0.2, 0.25) is 0 Å². The molecule has 1 fully saturated rings. The molecule has 0 aliphatic heterocycles. The van der Waals surface area contributed by atoms with Gasteiger partial charge in [0.25, 0.3) is 0 Å². The van der Waals surface area contributed by atoms with Gasteiger partial charge in [0.1, 0.15) is 0 Å². The van der Waals surface area contributed by atoms with Gasteiger partial charge in [-0.15, -0.1) is 0 Å². The van der Waals surface area contributed by atoms with E-state index < -0.39 is 0 Å². The molecular weight excluding hydrogens is 192 g/mol. The van der Waals surface area contributed by atoms with Crippen LogP contribution in [0.4, 0.5) is 0 Å². The van der Waals surface area contributed by atoms with Crippen LogP contribution >= 0.6 is 0 Å². The van der Waals surface area contributed by atoms with E-state index >= 15 is 0 Å². The van der Waals surface area contributed by atoms with Gasteiger partial charge in [0, 0.05) is 0 Å². The molecule has 4 unspecified atom stereocenters. The molecule has 0 radical (unpaired) electrons. The standard InChI is InChI=1S/C16H26/c1-10(2)14-8-6-11(3)15-9-7-12(4)16(15)13(14)5/h6,8,10,12-13,15-16H,7,9H2,1-5H3. The van der Waals surface area contributed by atoms with E-state index in [1.54, 1.807) is 11.1 Å². The molecule has 0 aromatic rings. The van der Waals surface area contributed by atoms with Gasteiger partial charge in [-0.25, -0.2) is 0 Å². The fourth-order valence-electron chi connectivity index (χ4n) is 4.04. The van der Waals surface area contributed by atoms with Crippen molar-refractivity contribution in [2.75, 3.05) is 0 Å². The lowest BCUT2D eigenvalue weighted by atomic mass is 9.74. The average molecular weight is 218 g/mol. The number of fused-ring (bicyclic) bond motifs is 1. The Morgan fingerprint density at radius 1 is 1.12 bits per heavy atom. The molecule has 2 aliphatic carbocycles. The summed E-state index contributed by atoms with van der Waals surface area (Å²) < 4.78 is 0. The van der Waals surface area contributed by atoms with Crippen LogP contribution in [0.5, 0.6) is 0 Å². The van der Waals surface area contributed by atoms with E-state index in [0.29, 0.717) is 5.92 Å². The van der Waals surface area contributed by atoms with Gasteiger partial charge in [0.15, 0.2) is 0 Å². The number of hydrogen-bond acceptors (Lipinski definition) is 0. The van der Waals surface area contributed by atoms with E-state index in [9.17, 15) is 0 Å². The Hall–Kier alpha value is -0.520. The molecule has 0 heterocycles. The van der Waals surface area contributed by atoms with Gasteiger partial charge in [0.05, 0.1) is 0 Å². The van der Waals surface area contributed by atoms with Crippen molar-refractivity contribution >= 4 is 0 Å². The molecule has 2 aliphatic rings. The minimum absolute atomic E-state index is 0.700. The number of rotatable bonds is 1. The summed E-state index contributed by atoms with van der Waals surface area (Å²) in [4.78, 5) is 0. The third-order valence-electron chi connectivity index (χ3n) is 4.95. The highest BCUT2D eigenvalue weighted by atomic mass is 14.4. The monoisotopic (exact) mass is 218 g/mol. The van der Waals surface area contributed by atoms with Crippen molar-refractivity contribution in [1.82, 2.24) is 0 Å². The Balaban J connectivity index is 2.35. The highest BCUT2D eigenvalue weighted by Gasteiger charge is 2.39. The lowest BCUT2D eigenvalue weighted by Gasteiger charge is -2.31. The fourth-order valence-corrected chi connectivity index (χ4v) is 4.04. The van der Waals surface area contributed by atoms with Crippen LogP contribution < -0.4 is 0 Å². The first-order valence-corrected chi connectivity index (χ1v) is 6.90. The van der Waals surface area contributed by atoms with Crippen LogP contribution in [0, 0.1) is 29.6 Å². The predicted molar refractivity (Wildman–Crippen MR) is 71.2 cm³/mol. The van der Waals surface area contributed by atoms with Crippen LogP contribution in [-0.2, 0) is 0 Å². The molecule has 0 bridgehead atoms. The topological polar surface area (TPSA) is 0 Å². The zero-order valence-corrected chi connectivity index (χ0v) is 11.5. The quantitative estimate of drug-likeness (QED) is 0.591. The second-order valence-electron chi connectivity index (χ2n) is 6.26. The van der Waals surface area contributed by atoms with Crippen molar-refractivity contribution in [3.8, 4) is 0 Å². The minimum Gasteiger partial charge on any atom is -0.0699 e. The van der Waals surface area contributed by atoms with Gasteiger partial charge < -0.3 is 0 Å². The predicted octanol–water partition coefficient (Wildman–Crippen LogP) is 4.83. The zero-order valence-electron chi connectivity index (χ0n) is 11.5. The maximum absolute atomic E-state index is 2.46. The zero-order chi connectivity index (χ0) is 11.9. The van der Waals surface area contributed by atoms with Gasteiger partial charge in [-0.2, -0.15) is 0 Å². The van der Waals surface area contributed by atoms with E-state index in [-0.39, 0.29) is 0 Å². The fraction of sp³-hybridized carbons (Fsp3) is 0.750. The smallest absolute Gasteiger partial charge is 0.0166 e. The Labute approximate surface area is 101 Å². The molecular formula is C16H26. The molecule has 0 saturated heterocycles. The van der Waals surface area contributed by atoms with Crippen LogP contribution in [0.3, 0.4) is 0 Å². The Morgan fingerprint density at radius 3 is 2.44 bits per heavy atom. The minimum atomic E-state index is 0.700. The number of hydrogen-bond donors (Lipinski definition) is 0. The van der Waals surface area contributed by atoms with Gasteiger partial charge in [-0.05, 0) is 49.4 Å². The van der Waals surface area contributed by atoms with Gasteiger partial charge >= 0.3 is 0 Å². The molecule has 0 aromatic carbocycles. The molecule has 0 heteroatoms. The molecule has 0 N–H and O–H groups in total. The highest BCUT2D eigenvalue weighted by Crippen LogP contribution is 2.49. The Bertz CT molecular complexity index is 319. The van der Waals surface area contributed by atoms with Gasteiger partial charge in [0.2, 0.25) is 0 Å². The molecule has 2 rings (SSSR count). The first kappa shape index (κ1) is 12.0. The van der Waals surface area contributed by atoms with E-state index in [4.69, 9.17) is 0 Å². The van der Waals surface area contributed by atoms with Crippen molar-refractivity contribution in [1.29, 1.82) is 0 Å². The number of allylic oxidation sites excluding steroid dienone is 4. The first-order chi connectivity index (χ1) is 7.52. The molecule has 1 saturated carbocycles. The summed E-state index contributed by atoms with van der Waals surface area (Å²) in [5.41, 5.74) is 3.29. The third-order valence-corrected chi connectivity index (χ3v) is 4.95. The Morgan fingerprint density at radius 2 is 1.81 bits per heavy atom. The van der Waals surface area contributed by atoms with Crippen molar-refractivity contribution in [3.05, 3.63) is 23.3 Å². The summed E-state index contributed by atoms with van der Waals surface area (Å²) in [5, 5.41) is 0. The lowest BCUT2D eigenvalue weighted by molar-refractivity contribution is 0.271. The van der Waals surface area contributed by atoms with Crippen LogP contribution in [0.15, 0.2) is 23.3 Å². The van der Waals surface area contributed by atoms with Crippen molar-refractivity contribution in [2.24, 2.45) is 29.6 Å². The lowest BCUT2D eigenvalue weighted by Crippen LogP contribution is -2.24. The maximum atomic E-state index is 2.46. The van der Waals surface area contributed by atoms with Crippen LogP contribution in [0.1, 0.15) is 47.5 Å². The van der Waals surface area contributed by atoms with Crippen molar-refractivity contribution < 1.29 is 0 Å². The van der Waals surface area contributed by atoms with Gasteiger partial charge in [-0.3, -0.25) is 0 Å².